The topological polar surface area (TPSA) is 47.2 Å². The smallest absolute Gasteiger partial charge is 0.342 e. The van der Waals surface area contributed by atoms with E-state index in [0.717, 1.165) is 23.0 Å². The zero-order chi connectivity index (χ0) is 23.4. The summed E-state index contributed by atoms with van der Waals surface area (Å²) in [6, 6.07) is 5.82. The van der Waals surface area contributed by atoms with Crippen LogP contribution in [0.2, 0.25) is 0 Å². The maximum absolute atomic E-state index is 13.5. The lowest BCUT2D eigenvalue weighted by molar-refractivity contribution is -0.138. The average molecular weight is 448 g/mol. The minimum atomic E-state index is -4.60. The first kappa shape index (κ1) is 22.4. The molecule has 0 N–H and O–H groups in total. The number of hydrogen-bond acceptors (Lipinski definition) is 2. The second-order valence-corrected chi connectivity index (χ2v) is 9.15. The van der Waals surface area contributed by atoms with Gasteiger partial charge in [0.05, 0.1) is 24.1 Å². The summed E-state index contributed by atoms with van der Waals surface area (Å²) in [5.41, 5.74) is 1.91. The average Bonchev–Trinajstić information content (AvgIpc) is 3.29. The highest BCUT2D eigenvalue weighted by molar-refractivity contribution is 5.82. The maximum atomic E-state index is 13.5. The van der Waals surface area contributed by atoms with E-state index in [1.165, 1.54) is 4.57 Å². The number of amides is 1. The molecule has 2 aromatic rings. The molecule has 1 amide bonds. The van der Waals surface area contributed by atoms with Gasteiger partial charge in [-0.05, 0) is 44.4 Å². The van der Waals surface area contributed by atoms with Gasteiger partial charge in [0.25, 0.3) is 5.56 Å². The van der Waals surface area contributed by atoms with E-state index in [4.69, 9.17) is 0 Å². The van der Waals surface area contributed by atoms with E-state index < -0.39 is 17.3 Å². The number of carbonyl (C=O) groups is 1. The van der Waals surface area contributed by atoms with Crippen molar-refractivity contribution >= 4 is 5.91 Å². The molecular formula is C24H28F3N3O2. The number of halogens is 3. The van der Waals surface area contributed by atoms with Gasteiger partial charge in [0, 0.05) is 36.2 Å². The molecule has 2 aromatic heterocycles. The molecular weight excluding hydrogens is 419 g/mol. The van der Waals surface area contributed by atoms with Gasteiger partial charge in [0.2, 0.25) is 5.91 Å². The van der Waals surface area contributed by atoms with Gasteiger partial charge in [-0.25, -0.2) is 0 Å². The number of nitrogens with zero attached hydrogens (tertiary/aromatic N) is 3. The maximum Gasteiger partial charge on any atom is 0.416 e. The van der Waals surface area contributed by atoms with Crippen molar-refractivity contribution in [3.8, 4) is 0 Å². The minimum Gasteiger partial charge on any atom is -0.342 e. The second kappa shape index (κ2) is 7.98. The number of pyridine rings is 1. The highest BCUT2D eigenvalue weighted by atomic mass is 19.4. The molecule has 1 aliphatic carbocycles. The van der Waals surface area contributed by atoms with Gasteiger partial charge in [-0.2, -0.15) is 13.2 Å². The van der Waals surface area contributed by atoms with Crippen LogP contribution in [-0.2, 0) is 24.1 Å². The fourth-order valence-electron chi connectivity index (χ4n) is 5.11. The third kappa shape index (κ3) is 3.91. The molecule has 0 bridgehead atoms. The lowest BCUT2D eigenvalue weighted by Gasteiger charge is -2.33. The predicted octanol–water partition coefficient (Wildman–Crippen LogP) is 4.47. The number of allylic oxidation sites excluding steroid dienone is 1. The zero-order valence-electron chi connectivity index (χ0n) is 18.7. The highest BCUT2D eigenvalue weighted by Gasteiger charge is 2.38. The van der Waals surface area contributed by atoms with Crippen molar-refractivity contribution in [2.75, 3.05) is 6.54 Å². The van der Waals surface area contributed by atoms with Gasteiger partial charge in [-0.15, -0.1) is 0 Å². The predicted molar refractivity (Wildman–Crippen MR) is 115 cm³/mol. The molecule has 4 rings (SSSR count). The van der Waals surface area contributed by atoms with Crippen molar-refractivity contribution in [3.63, 3.8) is 0 Å². The Kier molecular flexibility index (Phi) is 5.59. The molecule has 0 fully saturated rings. The van der Waals surface area contributed by atoms with E-state index in [-0.39, 0.29) is 42.6 Å². The SMILES string of the molecule is Cc1ccc(C)n1C1C=C(C(C)C)[C@H](C(=O)N2CCn3c(cc(C(F)(F)F)cc3=O)C2)C1. The summed E-state index contributed by atoms with van der Waals surface area (Å²) in [7, 11) is 0. The van der Waals surface area contributed by atoms with Crippen LogP contribution in [0.25, 0.3) is 0 Å². The first-order chi connectivity index (χ1) is 15.0. The summed E-state index contributed by atoms with van der Waals surface area (Å²) in [5.74, 6) is -0.210. The number of aromatic nitrogens is 2. The van der Waals surface area contributed by atoms with Crippen LogP contribution >= 0.6 is 0 Å². The van der Waals surface area contributed by atoms with Crippen LogP contribution in [0.15, 0.2) is 40.7 Å². The van der Waals surface area contributed by atoms with Crippen LogP contribution in [0.5, 0.6) is 0 Å². The summed E-state index contributed by atoms with van der Waals surface area (Å²) in [6.07, 6.45) is -1.79. The van der Waals surface area contributed by atoms with E-state index in [1.54, 1.807) is 4.90 Å². The normalized spacial score (nSPS) is 21.1. The molecule has 5 nitrogen and oxygen atoms in total. The van der Waals surface area contributed by atoms with Crippen LogP contribution in [0.3, 0.4) is 0 Å². The molecule has 0 aromatic carbocycles. The van der Waals surface area contributed by atoms with Crippen molar-refractivity contribution in [2.24, 2.45) is 11.8 Å². The number of aryl methyl sites for hydroxylation is 2. The van der Waals surface area contributed by atoms with E-state index in [1.807, 2.05) is 13.8 Å². The van der Waals surface area contributed by atoms with E-state index >= 15 is 0 Å². The van der Waals surface area contributed by atoms with E-state index in [2.05, 4.69) is 36.6 Å². The van der Waals surface area contributed by atoms with Crippen LogP contribution in [0.4, 0.5) is 13.2 Å². The standard InChI is InChI=1S/C24H28F3N3O2/c1-14(2)20-11-18(30-15(3)5-6-16(30)4)12-21(20)23(32)28-7-8-29-19(13-28)9-17(10-22(29)31)24(25,26)27/h5-6,9-11,14,18,21H,7-8,12-13H2,1-4H3/t18?,21-/m1/s1. The van der Waals surface area contributed by atoms with Gasteiger partial charge in [-0.3, -0.25) is 9.59 Å². The fourth-order valence-corrected chi connectivity index (χ4v) is 5.11. The molecule has 1 unspecified atom stereocenters. The van der Waals surface area contributed by atoms with Crippen LogP contribution in [0.1, 0.15) is 49.0 Å². The van der Waals surface area contributed by atoms with Gasteiger partial charge >= 0.3 is 6.18 Å². The summed E-state index contributed by atoms with van der Waals surface area (Å²) in [5, 5.41) is 0. The number of fused-ring (bicyclic) bond motifs is 1. The van der Waals surface area contributed by atoms with Crippen LogP contribution in [0, 0.1) is 25.7 Å². The van der Waals surface area contributed by atoms with Gasteiger partial charge in [0.1, 0.15) is 0 Å². The Morgan fingerprint density at radius 3 is 2.34 bits per heavy atom. The number of hydrogen-bond donors (Lipinski definition) is 0. The van der Waals surface area contributed by atoms with Crippen molar-refractivity contribution < 1.29 is 18.0 Å². The lowest BCUT2D eigenvalue weighted by Crippen LogP contribution is -2.45. The second-order valence-electron chi connectivity index (χ2n) is 9.15. The van der Waals surface area contributed by atoms with Gasteiger partial charge in [0.15, 0.2) is 0 Å². The summed E-state index contributed by atoms with van der Waals surface area (Å²) in [6.45, 7) is 8.72. The van der Waals surface area contributed by atoms with Gasteiger partial charge in [-0.1, -0.05) is 25.5 Å². The molecule has 0 saturated heterocycles. The molecule has 1 aliphatic heterocycles. The minimum absolute atomic E-state index is 0.00606. The summed E-state index contributed by atoms with van der Waals surface area (Å²) in [4.78, 5) is 27.3. The van der Waals surface area contributed by atoms with Crippen molar-refractivity contribution in [3.05, 3.63) is 68.9 Å². The molecule has 0 spiro atoms. The molecule has 8 heteroatoms. The fraction of sp³-hybridized carbons (Fsp3) is 0.500. The largest absolute Gasteiger partial charge is 0.416 e. The molecule has 2 atom stereocenters. The molecule has 2 aliphatic rings. The first-order valence-electron chi connectivity index (χ1n) is 10.9. The Balaban J connectivity index is 1.61. The zero-order valence-corrected chi connectivity index (χ0v) is 18.7. The third-order valence-corrected chi connectivity index (χ3v) is 6.69. The highest BCUT2D eigenvalue weighted by Crippen LogP contribution is 2.40. The quantitative estimate of drug-likeness (QED) is 0.652. The molecule has 172 valence electrons. The Bertz CT molecular complexity index is 1120. The summed E-state index contributed by atoms with van der Waals surface area (Å²) < 4.78 is 43.1. The number of carbonyl (C=O) groups excluding carboxylic acids is 1. The van der Waals surface area contributed by atoms with Crippen molar-refractivity contribution in [1.29, 1.82) is 0 Å². The van der Waals surface area contributed by atoms with Gasteiger partial charge < -0.3 is 14.0 Å². The van der Waals surface area contributed by atoms with E-state index in [9.17, 15) is 22.8 Å². The number of rotatable bonds is 3. The van der Waals surface area contributed by atoms with Crippen molar-refractivity contribution in [2.45, 2.75) is 59.4 Å². The monoisotopic (exact) mass is 447 g/mol. The molecule has 0 radical (unpaired) electrons. The van der Waals surface area contributed by atoms with Crippen molar-refractivity contribution in [1.82, 2.24) is 14.0 Å². The Labute approximate surface area is 185 Å². The Morgan fingerprint density at radius 2 is 1.75 bits per heavy atom. The Hall–Kier alpha value is -2.77. The third-order valence-electron chi connectivity index (χ3n) is 6.69. The molecule has 0 saturated carbocycles. The Morgan fingerprint density at radius 1 is 1.09 bits per heavy atom. The van der Waals surface area contributed by atoms with Crippen LogP contribution in [-0.4, -0.2) is 26.5 Å². The molecule has 32 heavy (non-hydrogen) atoms. The first-order valence-corrected chi connectivity index (χ1v) is 10.9. The lowest BCUT2D eigenvalue weighted by atomic mass is 9.91. The van der Waals surface area contributed by atoms with E-state index in [0.29, 0.717) is 19.0 Å². The number of alkyl halides is 3. The van der Waals surface area contributed by atoms with Crippen LogP contribution < -0.4 is 5.56 Å². The molecule has 3 heterocycles. The summed E-state index contributed by atoms with van der Waals surface area (Å²) >= 11 is 0.